The molecule has 0 aliphatic carbocycles. The summed E-state index contributed by atoms with van der Waals surface area (Å²) in [5, 5.41) is 8.06. The molecule has 31 heavy (non-hydrogen) atoms. The van der Waals surface area contributed by atoms with Gasteiger partial charge in [0.15, 0.2) is 5.82 Å². The van der Waals surface area contributed by atoms with Gasteiger partial charge in [0, 0.05) is 16.3 Å². The van der Waals surface area contributed by atoms with Crippen LogP contribution in [0.15, 0.2) is 60.7 Å². The average molecular weight is 431 g/mol. The van der Waals surface area contributed by atoms with Gasteiger partial charge in [0.2, 0.25) is 5.82 Å². The number of amides is 1. The van der Waals surface area contributed by atoms with Gasteiger partial charge in [-0.05, 0) is 74.7 Å². The summed E-state index contributed by atoms with van der Waals surface area (Å²) in [6, 6.07) is 19.2. The van der Waals surface area contributed by atoms with Crippen molar-refractivity contribution in [3.05, 3.63) is 93.8 Å². The number of aromatic nitrogens is 3. The Morgan fingerprint density at radius 1 is 0.903 bits per heavy atom. The van der Waals surface area contributed by atoms with Crippen LogP contribution in [0, 0.1) is 27.7 Å². The van der Waals surface area contributed by atoms with Crippen molar-refractivity contribution < 1.29 is 4.79 Å². The molecule has 0 aliphatic rings. The van der Waals surface area contributed by atoms with Gasteiger partial charge in [-0.25, -0.2) is 9.67 Å². The van der Waals surface area contributed by atoms with Gasteiger partial charge in [-0.15, -0.1) is 5.10 Å². The van der Waals surface area contributed by atoms with Gasteiger partial charge in [-0.2, -0.15) is 0 Å². The number of nitrogens with zero attached hydrogens (tertiary/aromatic N) is 3. The minimum Gasteiger partial charge on any atom is -0.319 e. The predicted molar refractivity (Wildman–Crippen MR) is 125 cm³/mol. The van der Waals surface area contributed by atoms with Gasteiger partial charge in [-0.1, -0.05) is 47.5 Å². The number of halogens is 1. The standard InChI is InChI=1S/C25H23ClN4O/c1-15-8-11-22(18(4)12-15)30-24(19-6-5-7-20(26)14-19)28-23(29-30)25(31)27-21-10-9-16(2)17(3)13-21/h5-14H,1-4H3,(H,27,31). The molecular weight excluding hydrogens is 408 g/mol. The van der Waals surface area contributed by atoms with Crippen LogP contribution in [0.1, 0.15) is 32.9 Å². The SMILES string of the molecule is Cc1ccc(-n2nc(C(=O)Nc3ccc(C)c(C)c3)nc2-c2cccc(Cl)c2)c(C)c1. The molecule has 1 amide bonds. The fourth-order valence-corrected chi connectivity index (χ4v) is 3.63. The maximum absolute atomic E-state index is 13.0. The van der Waals surface area contributed by atoms with Crippen molar-refractivity contribution in [2.24, 2.45) is 0 Å². The molecule has 0 aliphatic heterocycles. The molecule has 1 heterocycles. The summed E-state index contributed by atoms with van der Waals surface area (Å²) in [5.41, 5.74) is 6.81. The van der Waals surface area contributed by atoms with E-state index in [4.69, 9.17) is 11.6 Å². The average Bonchev–Trinajstić information content (AvgIpc) is 3.16. The number of carbonyl (C=O) groups excluding carboxylic acids is 1. The van der Waals surface area contributed by atoms with Crippen LogP contribution in [0.4, 0.5) is 5.69 Å². The second-order valence-electron chi connectivity index (χ2n) is 7.72. The number of rotatable bonds is 4. The zero-order valence-electron chi connectivity index (χ0n) is 17.9. The number of nitrogens with one attached hydrogen (secondary N) is 1. The molecule has 156 valence electrons. The first-order valence-electron chi connectivity index (χ1n) is 10.0. The van der Waals surface area contributed by atoms with Crippen molar-refractivity contribution in [1.29, 1.82) is 0 Å². The summed E-state index contributed by atoms with van der Waals surface area (Å²) >= 11 is 6.21. The number of anilines is 1. The molecular formula is C25H23ClN4O. The number of hydrogen-bond donors (Lipinski definition) is 1. The van der Waals surface area contributed by atoms with E-state index in [0.29, 0.717) is 16.5 Å². The molecule has 4 rings (SSSR count). The molecule has 5 nitrogen and oxygen atoms in total. The van der Waals surface area contributed by atoms with Crippen LogP contribution in [0.5, 0.6) is 0 Å². The van der Waals surface area contributed by atoms with Crippen molar-refractivity contribution in [3.63, 3.8) is 0 Å². The maximum Gasteiger partial charge on any atom is 0.295 e. The zero-order valence-corrected chi connectivity index (χ0v) is 18.7. The van der Waals surface area contributed by atoms with Gasteiger partial charge in [-0.3, -0.25) is 4.79 Å². The first-order chi connectivity index (χ1) is 14.8. The third kappa shape index (κ3) is 4.37. The van der Waals surface area contributed by atoms with Crippen LogP contribution in [-0.4, -0.2) is 20.7 Å². The lowest BCUT2D eigenvalue weighted by Gasteiger charge is -2.10. The summed E-state index contributed by atoms with van der Waals surface area (Å²) in [6.45, 7) is 8.10. The highest BCUT2D eigenvalue weighted by Crippen LogP contribution is 2.26. The Balaban J connectivity index is 1.79. The Kier molecular flexibility index (Phi) is 5.61. The third-order valence-electron chi connectivity index (χ3n) is 5.24. The molecule has 6 heteroatoms. The van der Waals surface area contributed by atoms with Crippen molar-refractivity contribution in [2.45, 2.75) is 27.7 Å². The van der Waals surface area contributed by atoms with E-state index in [2.05, 4.69) is 21.5 Å². The van der Waals surface area contributed by atoms with E-state index in [9.17, 15) is 4.79 Å². The Bertz CT molecular complexity index is 1290. The molecule has 1 N–H and O–H groups in total. The molecule has 0 unspecified atom stereocenters. The quantitative estimate of drug-likeness (QED) is 0.427. The summed E-state index contributed by atoms with van der Waals surface area (Å²) in [5.74, 6) is 0.280. The van der Waals surface area contributed by atoms with E-state index in [1.807, 2.05) is 76.2 Å². The van der Waals surface area contributed by atoms with Gasteiger partial charge in [0.05, 0.1) is 5.69 Å². The van der Waals surface area contributed by atoms with Crippen molar-refractivity contribution in [2.75, 3.05) is 5.32 Å². The highest BCUT2D eigenvalue weighted by Gasteiger charge is 2.20. The Labute approximate surface area is 186 Å². The molecule has 4 aromatic rings. The predicted octanol–water partition coefficient (Wildman–Crippen LogP) is 6.07. The van der Waals surface area contributed by atoms with E-state index in [1.54, 1.807) is 10.7 Å². The number of benzene rings is 3. The third-order valence-corrected chi connectivity index (χ3v) is 5.47. The Hall–Kier alpha value is -3.44. The van der Waals surface area contributed by atoms with Gasteiger partial charge in [0.25, 0.3) is 5.91 Å². The van der Waals surface area contributed by atoms with E-state index in [0.717, 1.165) is 27.9 Å². The van der Waals surface area contributed by atoms with E-state index < -0.39 is 0 Å². The lowest BCUT2D eigenvalue weighted by molar-refractivity contribution is 0.101. The minimum atomic E-state index is -0.366. The van der Waals surface area contributed by atoms with Crippen LogP contribution in [0.25, 0.3) is 17.1 Å². The lowest BCUT2D eigenvalue weighted by Crippen LogP contribution is -2.14. The smallest absolute Gasteiger partial charge is 0.295 e. The number of hydrogen-bond acceptors (Lipinski definition) is 3. The summed E-state index contributed by atoms with van der Waals surface area (Å²) < 4.78 is 1.70. The van der Waals surface area contributed by atoms with Crippen LogP contribution < -0.4 is 5.32 Å². The van der Waals surface area contributed by atoms with E-state index >= 15 is 0 Å². The van der Waals surface area contributed by atoms with Crippen LogP contribution in [0.3, 0.4) is 0 Å². The first-order valence-corrected chi connectivity index (χ1v) is 10.4. The monoisotopic (exact) mass is 430 g/mol. The summed E-state index contributed by atoms with van der Waals surface area (Å²) in [4.78, 5) is 17.5. The molecule has 0 saturated heterocycles. The zero-order chi connectivity index (χ0) is 22.1. The van der Waals surface area contributed by atoms with E-state index in [1.165, 1.54) is 5.56 Å². The summed E-state index contributed by atoms with van der Waals surface area (Å²) in [7, 11) is 0. The Morgan fingerprint density at radius 2 is 1.71 bits per heavy atom. The molecule has 0 bridgehead atoms. The van der Waals surface area contributed by atoms with Gasteiger partial charge < -0.3 is 5.32 Å². The molecule has 3 aromatic carbocycles. The topological polar surface area (TPSA) is 59.8 Å². The second kappa shape index (κ2) is 8.36. The van der Waals surface area contributed by atoms with Crippen LogP contribution >= 0.6 is 11.6 Å². The van der Waals surface area contributed by atoms with Crippen molar-refractivity contribution >= 4 is 23.2 Å². The van der Waals surface area contributed by atoms with Crippen LogP contribution in [-0.2, 0) is 0 Å². The molecule has 0 atom stereocenters. The van der Waals surface area contributed by atoms with Gasteiger partial charge in [0.1, 0.15) is 0 Å². The number of carbonyl (C=O) groups is 1. The molecule has 0 spiro atoms. The number of aryl methyl sites for hydroxylation is 4. The molecule has 0 fully saturated rings. The van der Waals surface area contributed by atoms with Gasteiger partial charge >= 0.3 is 0 Å². The largest absolute Gasteiger partial charge is 0.319 e. The lowest BCUT2D eigenvalue weighted by atomic mass is 10.1. The molecule has 0 radical (unpaired) electrons. The highest BCUT2D eigenvalue weighted by molar-refractivity contribution is 6.30. The minimum absolute atomic E-state index is 0.0909. The Morgan fingerprint density at radius 3 is 2.42 bits per heavy atom. The first kappa shape index (κ1) is 20.8. The van der Waals surface area contributed by atoms with E-state index in [-0.39, 0.29) is 11.7 Å². The second-order valence-corrected chi connectivity index (χ2v) is 8.16. The summed E-state index contributed by atoms with van der Waals surface area (Å²) in [6.07, 6.45) is 0. The van der Waals surface area contributed by atoms with Crippen molar-refractivity contribution in [3.8, 4) is 17.1 Å². The fourth-order valence-electron chi connectivity index (χ4n) is 3.44. The molecule has 1 aromatic heterocycles. The normalized spacial score (nSPS) is 10.9. The maximum atomic E-state index is 13.0. The van der Waals surface area contributed by atoms with Crippen LogP contribution in [0.2, 0.25) is 5.02 Å². The van der Waals surface area contributed by atoms with Crippen molar-refractivity contribution in [1.82, 2.24) is 14.8 Å². The highest BCUT2D eigenvalue weighted by atomic mass is 35.5. The fraction of sp³-hybridized carbons (Fsp3) is 0.160. The molecule has 0 saturated carbocycles.